The van der Waals surface area contributed by atoms with Crippen LogP contribution >= 0.6 is 0 Å². The van der Waals surface area contributed by atoms with E-state index in [-0.39, 0.29) is 17.6 Å². The smallest absolute Gasteiger partial charge is 0.328 e. The lowest BCUT2D eigenvalue weighted by Gasteiger charge is -2.20. The largest absolute Gasteiger partial charge is 0.467 e. The second-order valence-electron chi connectivity index (χ2n) is 7.48. The first-order valence-corrected chi connectivity index (χ1v) is 9.91. The minimum Gasteiger partial charge on any atom is -0.467 e. The summed E-state index contributed by atoms with van der Waals surface area (Å²) in [7, 11) is 1.37. The van der Waals surface area contributed by atoms with Gasteiger partial charge in [-0.1, -0.05) is 32.1 Å². The third-order valence-electron chi connectivity index (χ3n) is 4.65. The molecule has 8 heteroatoms. The predicted octanol–water partition coefficient (Wildman–Crippen LogP) is 4.71. The van der Waals surface area contributed by atoms with Crippen molar-refractivity contribution in [2.45, 2.75) is 26.3 Å². The number of hydrogen-bond donors (Lipinski definition) is 1. The van der Waals surface area contributed by atoms with Crippen LogP contribution in [0, 0.1) is 16.0 Å². The number of methoxy groups -OCH3 is 1. The average molecular weight is 420 g/mol. The zero-order valence-electron chi connectivity index (χ0n) is 17.6. The zero-order chi connectivity index (χ0) is 22.4. The van der Waals surface area contributed by atoms with Crippen molar-refractivity contribution in [2.75, 3.05) is 12.4 Å². The molecule has 0 bridgehead atoms. The summed E-state index contributed by atoms with van der Waals surface area (Å²) in [6, 6.07) is 13.2. The van der Waals surface area contributed by atoms with Crippen LogP contribution in [0.1, 0.15) is 31.7 Å². The van der Waals surface area contributed by atoms with Crippen LogP contribution in [0.3, 0.4) is 0 Å². The van der Waals surface area contributed by atoms with Gasteiger partial charge >= 0.3 is 5.97 Å². The topological polar surface area (TPSA) is 107 Å². The lowest BCUT2D eigenvalue weighted by molar-refractivity contribution is -0.384. The lowest BCUT2D eigenvalue weighted by Crippen LogP contribution is -2.32. The number of non-ortho nitro benzene ring substituents is 1. The maximum atomic E-state index is 12.3. The standard InChI is InChI=1S/C23H24N4O4/c1-15(2)14-20(23(28)31-3)25-22-18-6-4-5-7-19(18)24-21(26-22)13-10-16-8-11-17(12-9-16)27(29)30/h4-13,15,20H,14H2,1-3H3,(H,24,25,26)/b13-10+/t20-/m0/s1. The molecule has 0 saturated carbocycles. The molecule has 0 amide bonds. The van der Waals surface area contributed by atoms with Gasteiger partial charge in [-0.2, -0.15) is 0 Å². The van der Waals surface area contributed by atoms with Crippen LogP contribution < -0.4 is 5.32 Å². The molecule has 1 atom stereocenters. The van der Waals surface area contributed by atoms with E-state index in [1.165, 1.54) is 19.2 Å². The van der Waals surface area contributed by atoms with E-state index in [1.807, 2.05) is 38.1 Å². The quantitative estimate of drug-likeness (QED) is 0.319. The number of carbonyl (C=O) groups is 1. The monoisotopic (exact) mass is 420 g/mol. The second-order valence-corrected chi connectivity index (χ2v) is 7.48. The van der Waals surface area contributed by atoms with Gasteiger partial charge in [-0.25, -0.2) is 14.8 Å². The normalized spacial score (nSPS) is 12.3. The van der Waals surface area contributed by atoms with Crippen molar-refractivity contribution in [3.05, 3.63) is 70.0 Å². The Kier molecular flexibility index (Phi) is 6.92. The van der Waals surface area contributed by atoms with Crippen LogP contribution in [0.5, 0.6) is 0 Å². The highest BCUT2D eigenvalue weighted by Gasteiger charge is 2.22. The molecule has 0 fully saturated rings. The molecule has 3 rings (SSSR count). The molecule has 0 aliphatic rings. The number of nitro benzene ring substituents is 1. The van der Waals surface area contributed by atoms with E-state index in [4.69, 9.17) is 4.74 Å². The van der Waals surface area contributed by atoms with E-state index in [0.717, 1.165) is 16.5 Å². The van der Waals surface area contributed by atoms with Gasteiger partial charge in [0.2, 0.25) is 0 Å². The number of anilines is 1. The Morgan fingerprint density at radius 1 is 1.13 bits per heavy atom. The highest BCUT2D eigenvalue weighted by Crippen LogP contribution is 2.23. The number of esters is 1. The maximum Gasteiger partial charge on any atom is 0.328 e. The van der Waals surface area contributed by atoms with Crippen molar-refractivity contribution < 1.29 is 14.5 Å². The maximum absolute atomic E-state index is 12.3. The number of benzene rings is 2. The Balaban J connectivity index is 1.94. The van der Waals surface area contributed by atoms with Gasteiger partial charge in [0.05, 0.1) is 17.5 Å². The molecule has 8 nitrogen and oxygen atoms in total. The van der Waals surface area contributed by atoms with E-state index in [2.05, 4.69) is 15.3 Å². The van der Waals surface area contributed by atoms with Crippen LogP contribution in [0.2, 0.25) is 0 Å². The molecular weight excluding hydrogens is 396 g/mol. The number of nitrogens with zero attached hydrogens (tertiary/aromatic N) is 3. The molecule has 0 spiro atoms. The Labute approximate surface area is 180 Å². The first-order valence-electron chi connectivity index (χ1n) is 9.91. The van der Waals surface area contributed by atoms with E-state index in [0.29, 0.717) is 18.1 Å². The molecule has 0 saturated heterocycles. The minimum absolute atomic E-state index is 0.0320. The Bertz CT molecular complexity index is 1110. The van der Waals surface area contributed by atoms with Crippen molar-refractivity contribution in [1.29, 1.82) is 0 Å². The lowest BCUT2D eigenvalue weighted by atomic mass is 10.0. The van der Waals surface area contributed by atoms with E-state index in [9.17, 15) is 14.9 Å². The van der Waals surface area contributed by atoms with Gasteiger partial charge in [-0.15, -0.1) is 0 Å². The van der Waals surface area contributed by atoms with Crippen LogP contribution in [0.4, 0.5) is 11.5 Å². The Morgan fingerprint density at radius 2 is 1.84 bits per heavy atom. The van der Waals surface area contributed by atoms with Gasteiger partial charge in [0.1, 0.15) is 11.9 Å². The van der Waals surface area contributed by atoms with Gasteiger partial charge in [-0.3, -0.25) is 10.1 Å². The van der Waals surface area contributed by atoms with Crippen LogP contribution in [-0.2, 0) is 9.53 Å². The highest BCUT2D eigenvalue weighted by molar-refractivity contribution is 5.92. The Morgan fingerprint density at radius 3 is 2.48 bits per heavy atom. The van der Waals surface area contributed by atoms with Gasteiger partial charge < -0.3 is 10.1 Å². The summed E-state index contributed by atoms with van der Waals surface area (Å²) in [5.74, 6) is 0.934. The molecule has 31 heavy (non-hydrogen) atoms. The average Bonchev–Trinajstić information content (AvgIpc) is 2.76. The fraction of sp³-hybridized carbons (Fsp3) is 0.261. The van der Waals surface area contributed by atoms with Crippen LogP contribution in [0.25, 0.3) is 23.1 Å². The summed E-state index contributed by atoms with van der Waals surface area (Å²) in [5, 5.41) is 14.8. The molecule has 1 heterocycles. The number of para-hydroxylation sites is 1. The number of nitro groups is 1. The summed E-state index contributed by atoms with van der Waals surface area (Å²) in [6.45, 7) is 4.07. The SMILES string of the molecule is COC(=O)[C@H](CC(C)C)Nc1nc(/C=C/c2ccc([N+](=O)[O-])cc2)nc2ccccc12. The molecule has 3 aromatic rings. The van der Waals surface area contributed by atoms with Crippen LogP contribution in [0.15, 0.2) is 48.5 Å². The van der Waals surface area contributed by atoms with Crippen molar-refractivity contribution in [1.82, 2.24) is 9.97 Å². The third kappa shape index (κ3) is 5.63. The number of ether oxygens (including phenoxy) is 1. The Hall–Kier alpha value is -3.81. The molecule has 1 aromatic heterocycles. The van der Waals surface area contributed by atoms with Crippen molar-refractivity contribution >= 4 is 40.5 Å². The van der Waals surface area contributed by atoms with Crippen molar-refractivity contribution in [3.63, 3.8) is 0 Å². The molecule has 0 aliphatic heterocycles. The predicted molar refractivity (Wildman–Crippen MR) is 120 cm³/mol. The number of hydrogen-bond acceptors (Lipinski definition) is 7. The summed E-state index contributed by atoms with van der Waals surface area (Å²) in [5.41, 5.74) is 1.55. The number of aromatic nitrogens is 2. The zero-order valence-corrected chi connectivity index (χ0v) is 17.6. The van der Waals surface area contributed by atoms with Crippen LogP contribution in [-0.4, -0.2) is 34.0 Å². The second kappa shape index (κ2) is 9.80. The first-order chi connectivity index (χ1) is 14.9. The molecule has 0 aliphatic carbocycles. The molecule has 1 N–H and O–H groups in total. The number of rotatable bonds is 8. The first kappa shape index (κ1) is 21.9. The fourth-order valence-corrected chi connectivity index (χ4v) is 3.15. The van der Waals surface area contributed by atoms with Gasteiger partial charge in [0.25, 0.3) is 5.69 Å². The van der Waals surface area contributed by atoms with E-state index in [1.54, 1.807) is 24.3 Å². The third-order valence-corrected chi connectivity index (χ3v) is 4.65. The molecule has 160 valence electrons. The van der Waals surface area contributed by atoms with Gasteiger partial charge in [0, 0.05) is 17.5 Å². The van der Waals surface area contributed by atoms with Gasteiger partial charge in [0.15, 0.2) is 5.82 Å². The molecular formula is C23H24N4O4. The number of fused-ring (bicyclic) bond motifs is 1. The minimum atomic E-state index is -0.533. The van der Waals surface area contributed by atoms with Gasteiger partial charge in [-0.05, 0) is 48.2 Å². The van der Waals surface area contributed by atoms with Crippen molar-refractivity contribution in [3.8, 4) is 0 Å². The van der Waals surface area contributed by atoms with Crippen molar-refractivity contribution in [2.24, 2.45) is 5.92 Å². The summed E-state index contributed by atoms with van der Waals surface area (Å²) >= 11 is 0. The highest BCUT2D eigenvalue weighted by atomic mass is 16.6. The van der Waals surface area contributed by atoms with E-state index >= 15 is 0 Å². The van der Waals surface area contributed by atoms with E-state index < -0.39 is 11.0 Å². The summed E-state index contributed by atoms with van der Waals surface area (Å²) < 4.78 is 4.95. The fourth-order valence-electron chi connectivity index (χ4n) is 3.15. The molecule has 0 unspecified atom stereocenters. The number of carbonyl (C=O) groups excluding carboxylic acids is 1. The molecule has 2 aromatic carbocycles. The molecule has 0 radical (unpaired) electrons. The summed E-state index contributed by atoms with van der Waals surface area (Å²) in [4.78, 5) is 31.8. The summed E-state index contributed by atoms with van der Waals surface area (Å²) in [6.07, 6.45) is 4.11. The number of nitrogens with one attached hydrogen (secondary N) is 1.